The Hall–Kier alpha value is -2.48. The first-order valence-corrected chi connectivity index (χ1v) is 8.78. The van der Waals surface area contributed by atoms with Gasteiger partial charge in [-0.15, -0.1) is 12.4 Å². The van der Waals surface area contributed by atoms with Crippen LogP contribution in [0.3, 0.4) is 0 Å². The summed E-state index contributed by atoms with van der Waals surface area (Å²) in [6.45, 7) is 0.944. The van der Waals surface area contributed by atoms with E-state index >= 15 is 0 Å². The molecule has 0 spiro atoms. The van der Waals surface area contributed by atoms with Gasteiger partial charge in [-0.1, -0.05) is 24.3 Å². The minimum Gasteiger partial charge on any atom is -0.381 e. The van der Waals surface area contributed by atoms with Crippen LogP contribution in [0.2, 0.25) is 0 Å². The summed E-state index contributed by atoms with van der Waals surface area (Å²) < 4.78 is 18.8. The number of carbonyl (C=O) groups is 2. The van der Waals surface area contributed by atoms with E-state index in [-0.39, 0.29) is 36.3 Å². The van der Waals surface area contributed by atoms with Crippen LogP contribution in [0.4, 0.5) is 15.8 Å². The second-order valence-corrected chi connectivity index (χ2v) is 6.62. The number of ether oxygens (including phenoxy) is 1. The molecule has 0 radical (unpaired) electrons. The van der Waals surface area contributed by atoms with E-state index in [1.807, 2.05) is 0 Å². The number of carbonyl (C=O) groups excluding carboxylic acids is 2. The number of halogens is 2. The zero-order valence-electron chi connectivity index (χ0n) is 15.2. The van der Waals surface area contributed by atoms with Gasteiger partial charge in [-0.25, -0.2) is 4.39 Å². The van der Waals surface area contributed by atoms with Gasteiger partial charge >= 0.3 is 0 Å². The van der Waals surface area contributed by atoms with Crippen LogP contribution in [0, 0.1) is 5.82 Å². The minimum absolute atomic E-state index is 0. The molecule has 1 heterocycles. The van der Waals surface area contributed by atoms with Crippen molar-refractivity contribution >= 4 is 35.6 Å². The standard InChI is InChI=1S/C20H22FN3O3.ClH/c21-16-3-1-2-4-17(16)24-18(25)13-14-5-7-15(8-6-14)23-19(26)20(22)9-11-27-12-10-20;/h1-8H,9-13,22H2,(H,23,26)(H,24,25);1H. The summed E-state index contributed by atoms with van der Waals surface area (Å²) in [6, 6.07) is 12.9. The molecule has 28 heavy (non-hydrogen) atoms. The molecule has 150 valence electrons. The van der Waals surface area contributed by atoms with Crippen molar-refractivity contribution in [2.45, 2.75) is 24.8 Å². The second-order valence-electron chi connectivity index (χ2n) is 6.62. The lowest BCUT2D eigenvalue weighted by molar-refractivity contribution is -0.124. The van der Waals surface area contributed by atoms with Crippen molar-refractivity contribution in [3.8, 4) is 0 Å². The summed E-state index contributed by atoms with van der Waals surface area (Å²) in [6.07, 6.45) is 1.06. The molecule has 1 fully saturated rings. The lowest BCUT2D eigenvalue weighted by atomic mass is 9.90. The summed E-state index contributed by atoms with van der Waals surface area (Å²) in [5.41, 5.74) is 6.74. The molecule has 0 unspecified atom stereocenters. The molecule has 2 aromatic carbocycles. The molecule has 2 aromatic rings. The molecule has 3 rings (SSSR count). The largest absolute Gasteiger partial charge is 0.381 e. The maximum absolute atomic E-state index is 13.6. The van der Waals surface area contributed by atoms with E-state index < -0.39 is 11.4 Å². The first-order chi connectivity index (χ1) is 13.0. The number of nitrogens with one attached hydrogen (secondary N) is 2. The lowest BCUT2D eigenvalue weighted by Gasteiger charge is -2.31. The highest BCUT2D eigenvalue weighted by Gasteiger charge is 2.35. The van der Waals surface area contributed by atoms with Crippen LogP contribution >= 0.6 is 12.4 Å². The summed E-state index contributed by atoms with van der Waals surface area (Å²) in [5.74, 6) is -1.04. The molecule has 0 aliphatic carbocycles. The van der Waals surface area contributed by atoms with Gasteiger partial charge in [0.2, 0.25) is 11.8 Å². The van der Waals surface area contributed by atoms with Crippen LogP contribution in [-0.2, 0) is 20.7 Å². The molecule has 1 aliphatic rings. The molecule has 4 N–H and O–H groups in total. The smallest absolute Gasteiger partial charge is 0.244 e. The molecule has 0 atom stereocenters. The highest BCUT2D eigenvalue weighted by atomic mass is 35.5. The van der Waals surface area contributed by atoms with Gasteiger partial charge < -0.3 is 21.1 Å². The molecule has 1 saturated heterocycles. The number of para-hydroxylation sites is 1. The number of amides is 2. The maximum Gasteiger partial charge on any atom is 0.244 e. The maximum atomic E-state index is 13.6. The number of rotatable bonds is 5. The molecule has 1 aliphatic heterocycles. The molecule has 0 saturated carbocycles. The van der Waals surface area contributed by atoms with Gasteiger partial charge in [0.15, 0.2) is 0 Å². The van der Waals surface area contributed by atoms with Crippen molar-refractivity contribution in [1.82, 2.24) is 0 Å². The fourth-order valence-electron chi connectivity index (χ4n) is 2.87. The third-order valence-electron chi connectivity index (χ3n) is 4.56. The summed E-state index contributed by atoms with van der Waals surface area (Å²) in [5, 5.41) is 5.35. The van der Waals surface area contributed by atoms with Gasteiger partial charge in [-0.2, -0.15) is 0 Å². The van der Waals surface area contributed by atoms with Crippen LogP contribution in [0.5, 0.6) is 0 Å². The van der Waals surface area contributed by atoms with Crippen molar-refractivity contribution in [2.24, 2.45) is 5.73 Å². The summed E-state index contributed by atoms with van der Waals surface area (Å²) in [4.78, 5) is 24.5. The number of benzene rings is 2. The SMILES string of the molecule is Cl.NC1(C(=O)Nc2ccc(CC(=O)Nc3ccccc3F)cc2)CCOCC1. The molecule has 0 aromatic heterocycles. The minimum atomic E-state index is -0.920. The van der Waals surface area contributed by atoms with E-state index in [0.717, 1.165) is 5.56 Å². The van der Waals surface area contributed by atoms with E-state index in [2.05, 4.69) is 10.6 Å². The van der Waals surface area contributed by atoms with Gasteiger partial charge in [-0.3, -0.25) is 9.59 Å². The zero-order chi connectivity index (χ0) is 19.3. The Bertz CT molecular complexity index is 824. The van der Waals surface area contributed by atoms with E-state index in [4.69, 9.17) is 10.5 Å². The number of hydrogen-bond acceptors (Lipinski definition) is 4. The third-order valence-corrected chi connectivity index (χ3v) is 4.56. The summed E-state index contributed by atoms with van der Waals surface area (Å²) >= 11 is 0. The highest BCUT2D eigenvalue weighted by Crippen LogP contribution is 2.21. The van der Waals surface area contributed by atoms with Gasteiger partial charge in [0.05, 0.1) is 12.1 Å². The topological polar surface area (TPSA) is 93.5 Å². The van der Waals surface area contributed by atoms with Crippen LogP contribution < -0.4 is 16.4 Å². The van der Waals surface area contributed by atoms with Crippen molar-refractivity contribution in [3.05, 3.63) is 59.9 Å². The van der Waals surface area contributed by atoms with Crippen LogP contribution in [0.15, 0.2) is 48.5 Å². The first kappa shape index (κ1) is 21.8. The zero-order valence-corrected chi connectivity index (χ0v) is 16.1. The van der Waals surface area contributed by atoms with Gasteiger partial charge in [0.1, 0.15) is 11.4 Å². The van der Waals surface area contributed by atoms with Gasteiger partial charge in [-0.05, 0) is 42.7 Å². The Balaban J connectivity index is 0.00000280. The molecule has 0 bridgehead atoms. The number of nitrogens with two attached hydrogens (primary N) is 1. The van der Waals surface area contributed by atoms with Crippen LogP contribution in [0.25, 0.3) is 0 Å². The van der Waals surface area contributed by atoms with Gasteiger partial charge in [0, 0.05) is 18.9 Å². The molecular formula is C20H23ClFN3O3. The van der Waals surface area contributed by atoms with E-state index in [1.54, 1.807) is 36.4 Å². The lowest BCUT2D eigenvalue weighted by Crippen LogP contribution is -2.54. The monoisotopic (exact) mass is 407 g/mol. The Morgan fingerprint density at radius 3 is 2.32 bits per heavy atom. The molecular weight excluding hydrogens is 385 g/mol. The van der Waals surface area contributed by atoms with Crippen molar-refractivity contribution in [3.63, 3.8) is 0 Å². The van der Waals surface area contributed by atoms with E-state index in [0.29, 0.717) is 31.7 Å². The van der Waals surface area contributed by atoms with Crippen molar-refractivity contribution in [1.29, 1.82) is 0 Å². The number of anilines is 2. The average Bonchev–Trinajstić information content (AvgIpc) is 2.66. The first-order valence-electron chi connectivity index (χ1n) is 8.78. The normalized spacial score (nSPS) is 15.2. The molecule has 6 nitrogen and oxygen atoms in total. The quantitative estimate of drug-likeness (QED) is 0.710. The van der Waals surface area contributed by atoms with Crippen molar-refractivity contribution in [2.75, 3.05) is 23.8 Å². The second kappa shape index (κ2) is 9.64. The van der Waals surface area contributed by atoms with E-state index in [1.165, 1.54) is 12.1 Å². The predicted octanol–water partition coefficient (Wildman–Crippen LogP) is 2.88. The number of hydrogen-bond donors (Lipinski definition) is 3. The van der Waals surface area contributed by atoms with Gasteiger partial charge in [0.25, 0.3) is 0 Å². The molecule has 2 amide bonds. The third kappa shape index (κ3) is 5.51. The average molecular weight is 408 g/mol. The Labute approximate surface area is 169 Å². The van der Waals surface area contributed by atoms with Crippen LogP contribution in [-0.4, -0.2) is 30.6 Å². The van der Waals surface area contributed by atoms with E-state index in [9.17, 15) is 14.0 Å². The fraction of sp³-hybridized carbons (Fsp3) is 0.300. The molecule has 8 heteroatoms. The predicted molar refractivity (Wildman–Crippen MR) is 108 cm³/mol. The Morgan fingerprint density at radius 2 is 1.68 bits per heavy atom. The van der Waals surface area contributed by atoms with Crippen LogP contribution in [0.1, 0.15) is 18.4 Å². The van der Waals surface area contributed by atoms with Crippen molar-refractivity contribution < 1.29 is 18.7 Å². The highest BCUT2D eigenvalue weighted by molar-refractivity contribution is 5.98. The summed E-state index contributed by atoms with van der Waals surface area (Å²) in [7, 11) is 0. The Kier molecular flexibility index (Phi) is 7.51. The Morgan fingerprint density at radius 1 is 1.04 bits per heavy atom. The fourth-order valence-corrected chi connectivity index (χ4v) is 2.87.